The smallest absolute Gasteiger partial charge is 0.253 e. The van der Waals surface area contributed by atoms with Crippen LogP contribution in [0.3, 0.4) is 0 Å². The fraction of sp³-hybridized carbons (Fsp3) is 0.385. The van der Waals surface area contributed by atoms with Crippen molar-refractivity contribution in [2.45, 2.75) is 25.4 Å². The van der Waals surface area contributed by atoms with Crippen LogP contribution < -0.4 is 11.1 Å². The molecular weight excluding hydrogens is 246 g/mol. The second-order valence-electron chi connectivity index (χ2n) is 4.41. The van der Waals surface area contributed by atoms with Crippen molar-refractivity contribution in [2.75, 3.05) is 11.9 Å². The van der Waals surface area contributed by atoms with Crippen LogP contribution in [0, 0.1) is 0 Å². The minimum Gasteiger partial charge on any atom is -0.409 e. The molecule has 1 atom stereocenters. The van der Waals surface area contributed by atoms with Crippen molar-refractivity contribution in [3.8, 4) is 0 Å². The standard InChI is InChI=1S/C13H17N3O3/c14-12(16-18)9-4-3-5-10(8-9)15-13(17)11-6-1-2-7-19-11/h3-5,8,11,18H,1-2,6-7H2,(H2,14,16)(H,15,17). The first-order valence-corrected chi connectivity index (χ1v) is 6.21. The SMILES string of the molecule is NC(=NO)c1cccc(NC(=O)C2CCCCO2)c1. The summed E-state index contributed by atoms with van der Waals surface area (Å²) in [6, 6.07) is 6.82. The van der Waals surface area contributed by atoms with Gasteiger partial charge in [0.1, 0.15) is 6.10 Å². The molecule has 19 heavy (non-hydrogen) atoms. The van der Waals surface area contributed by atoms with E-state index in [1.165, 1.54) is 0 Å². The lowest BCUT2D eigenvalue weighted by molar-refractivity contribution is -0.129. The van der Waals surface area contributed by atoms with Crippen LogP contribution >= 0.6 is 0 Å². The molecule has 6 nitrogen and oxygen atoms in total. The summed E-state index contributed by atoms with van der Waals surface area (Å²) in [4.78, 5) is 12.0. The fourth-order valence-corrected chi connectivity index (χ4v) is 1.98. The number of nitrogens with zero attached hydrogens (tertiary/aromatic N) is 1. The number of nitrogens with two attached hydrogens (primary N) is 1. The molecule has 0 radical (unpaired) electrons. The van der Waals surface area contributed by atoms with Crippen LogP contribution in [-0.4, -0.2) is 29.7 Å². The Labute approximate surface area is 111 Å². The fourth-order valence-electron chi connectivity index (χ4n) is 1.98. The van der Waals surface area contributed by atoms with Crippen LogP contribution in [0.1, 0.15) is 24.8 Å². The quantitative estimate of drug-likeness (QED) is 0.331. The van der Waals surface area contributed by atoms with Gasteiger partial charge in [-0.25, -0.2) is 0 Å². The van der Waals surface area contributed by atoms with Gasteiger partial charge >= 0.3 is 0 Å². The Balaban J connectivity index is 2.04. The predicted octanol–water partition coefficient (Wildman–Crippen LogP) is 1.29. The predicted molar refractivity (Wildman–Crippen MR) is 71.2 cm³/mol. The molecule has 1 fully saturated rings. The van der Waals surface area contributed by atoms with Gasteiger partial charge in [0.25, 0.3) is 5.91 Å². The number of oxime groups is 1. The summed E-state index contributed by atoms with van der Waals surface area (Å²) < 4.78 is 5.41. The van der Waals surface area contributed by atoms with Gasteiger partial charge in [-0.15, -0.1) is 0 Å². The minimum atomic E-state index is -0.388. The molecule has 2 rings (SSSR count). The zero-order chi connectivity index (χ0) is 13.7. The number of nitrogens with one attached hydrogen (secondary N) is 1. The summed E-state index contributed by atoms with van der Waals surface area (Å²) in [7, 11) is 0. The van der Waals surface area contributed by atoms with Crippen molar-refractivity contribution >= 4 is 17.4 Å². The number of hydrogen-bond acceptors (Lipinski definition) is 4. The summed E-state index contributed by atoms with van der Waals surface area (Å²) >= 11 is 0. The molecule has 1 aliphatic heterocycles. The maximum atomic E-state index is 12.0. The van der Waals surface area contributed by atoms with Crippen LogP contribution in [0.5, 0.6) is 0 Å². The minimum absolute atomic E-state index is 0.00464. The lowest BCUT2D eigenvalue weighted by Crippen LogP contribution is -2.33. The molecule has 1 unspecified atom stereocenters. The Morgan fingerprint density at radius 3 is 3.00 bits per heavy atom. The first kappa shape index (κ1) is 13.4. The van der Waals surface area contributed by atoms with E-state index >= 15 is 0 Å². The Kier molecular flexibility index (Phi) is 4.35. The lowest BCUT2D eigenvalue weighted by atomic mass is 10.1. The third-order valence-electron chi connectivity index (χ3n) is 3.01. The number of amidine groups is 1. The maximum absolute atomic E-state index is 12.0. The molecule has 1 heterocycles. The van der Waals surface area contributed by atoms with Crippen LogP contribution in [-0.2, 0) is 9.53 Å². The number of rotatable bonds is 3. The first-order valence-electron chi connectivity index (χ1n) is 6.21. The lowest BCUT2D eigenvalue weighted by Gasteiger charge is -2.21. The Morgan fingerprint density at radius 1 is 1.47 bits per heavy atom. The van der Waals surface area contributed by atoms with Gasteiger partial charge in [0.2, 0.25) is 0 Å². The maximum Gasteiger partial charge on any atom is 0.253 e. The van der Waals surface area contributed by atoms with Crippen LogP contribution in [0.2, 0.25) is 0 Å². The largest absolute Gasteiger partial charge is 0.409 e. The Hall–Kier alpha value is -2.08. The molecule has 0 saturated carbocycles. The highest BCUT2D eigenvalue weighted by atomic mass is 16.5. The van der Waals surface area contributed by atoms with E-state index in [9.17, 15) is 4.79 Å². The highest BCUT2D eigenvalue weighted by Gasteiger charge is 2.21. The van der Waals surface area contributed by atoms with Gasteiger partial charge in [-0.3, -0.25) is 4.79 Å². The van der Waals surface area contributed by atoms with Gasteiger partial charge in [-0.1, -0.05) is 17.3 Å². The number of ether oxygens (including phenoxy) is 1. The van der Waals surface area contributed by atoms with E-state index in [0.717, 1.165) is 19.3 Å². The molecule has 1 aliphatic rings. The summed E-state index contributed by atoms with van der Waals surface area (Å²) in [6.45, 7) is 0.627. The Bertz CT molecular complexity index is 482. The average Bonchev–Trinajstić information content (AvgIpc) is 2.47. The van der Waals surface area contributed by atoms with Crippen molar-refractivity contribution in [2.24, 2.45) is 10.9 Å². The topological polar surface area (TPSA) is 96.9 Å². The van der Waals surface area contributed by atoms with Crippen LogP contribution in [0.25, 0.3) is 0 Å². The van der Waals surface area contributed by atoms with E-state index in [1.807, 2.05) is 0 Å². The molecule has 0 aliphatic carbocycles. The zero-order valence-corrected chi connectivity index (χ0v) is 10.5. The molecule has 0 spiro atoms. The normalized spacial score (nSPS) is 20.0. The van der Waals surface area contributed by atoms with Gasteiger partial charge in [0.15, 0.2) is 5.84 Å². The second-order valence-corrected chi connectivity index (χ2v) is 4.41. The van der Waals surface area contributed by atoms with Gasteiger partial charge in [-0.2, -0.15) is 0 Å². The first-order chi connectivity index (χ1) is 9.20. The number of carbonyl (C=O) groups excluding carboxylic acids is 1. The Morgan fingerprint density at radius 2 is 2.32 bits per heavy atom. The van der Waals surface area contributed by atoms with Crippen molar-refractivity contribution in [3.05, 3.63) is 29.8 Å². The molecule has 1 amide bonds. The summed E-state index contributed by atoms with van der Waals surface area (Å²) in [5.41, 5.74) is 6.65. The monoisotopic (exact) mass is 263 g/mol. The molecule has 4 N–H and O–H groups in total. The number of anilines is 1. The molecule has 0 bridgehead atoms. The van der Waals surface area contributed by atoms with Crippen molar-refractivity contribution < 1.29 is 14.7 Å². The third-order valence-corrected chi connectivity index (χ3v) is 3.01. The third kappa shape index (κ3) is 3.45. The van der Waals surface area contributed by atoms with Crippen LogP contribution in [0.15, 0.2) is 29.4 Å². The molecular formula is C13H17N3O3. The van der Waals surface area contributed by atoms with Gasteiger partial charge in [0, 0.05) is 17.9 Å². The van der Waals surface area contributed by atoms with E-state index in [1.54, 1.807) is 24.3 Å². The van der Waals surface area contributed by atoms with E-state index in [-0.39, 0.29) is 17.8 Å². The molecule has 0 aromatic heterocycles. The van der Waals surface area contributed by atoms with Crippen molar-refractivity contribution in [1.82, 2.24) is 0 Å². The van der Waals surface area contributed by atoms with Crippen LogP contribution in [0.4, 0.5) is 5.69 Å². The van der Waals surface area contributed by atoms with Crippen molar-refractivity contribution in [3.63, 3.8) is 0 Å². The second kappa shape index (κ2) is 6.19. The van der Waals surface area contributed by atoms with E-state index in [4.69, 9.17) is 15.7 Å². The molecule has 1 aromatic carbocycles. The van der Waals surface area contributed by atoms with Gasteiger partial charge < -0.3 is 21.0 Å². The van der Waals surface area contributed by atoms with Gasteiger partial charge in [-0.05, 0) is 31.4 Å². The average molecular weight is 263 g/mol. The summed E-state index contributed by atoms with van der Waals surface area (Å²) in [5, 5.41) is 14.3. The zero-order valence-electron chi connectivity index (χ0n) is 10.5. The highest BCUT2D eigenvalue weighted by Crippen LogP contribution is 2.16. The number of hydrogen-bond donors (Lipinski definition) is 3. The molecule has 1 aromatic rings. The van der Waals surface area contributed by atoms with Gasteiger partial charge in [0.05, 0.1) is 0 Å². The van der Waals surface area contributed by atoms with Crippen molar-refractivity contribution in [1.29, 1.82) is 0 Å². The van der Waals surface area contributed by atoms with E-state index in [2.05, 4.69) is 10.5 Å². The summed E-state index contributed by atoms with van der Waals surface area (Å²) in [6.07, 6.45) is 2.36. The summed E-state index contributed by atoms with van der Waals surface area (Å²) in [5.74, 6) is -0.152. The van der Waals surface area contributed by atoms with E-state index < -0.39 is 0 Å². The molecule has 102 valence electrons. The number of carbonyl (C=O) groups is 1. The number of benzene rings is 1. The highest BCUT2D eigenvalue weighted by molar-refractivity contribution is 5.99. The number of amides is 1. The van der Waals surface area contributed by atoms with E-state index in [0.29, 0.717) is 17.9 Å². The molecule has 1 saturated heterocycles. The molecule has 6 heteroatoms.